The summed E-state index contributed by atoms with van der Waals surface area (Å²) in [6.45, 7) is 6.51. The zero-order valence-electron chi connectivity index (χ0n) is 18.2. The van der Waals surface area contributed by atoms with E-state index in [1.807, 2.05) is 36.4 Å². The van der Waals surface area contributed by atoms with E-state index in [9.17, 15) is 9.59 Å². The lowest BCUT2D eigenvalue weighted by Gasteiger charge is -2.44. The van der Waals surface area contributed by atoms with Crippen molar-refractivity contribution in [2.75, 3.05) is 7.11 Å². The largest absolute Gasteiger partial charge is 0.469 e. The van der Waals surface area contributed by atoms with Crippen molar-refractivity contribution in [1.82, 2.24) is 0 Å². The second-order valence-electron chi connectivity index (χ2n) is 8.09. The fourth-order valence-corrected chi connectivity index (χ4v) is 8.17. The maximum absolute atomic E-state index is 11.9. The number of carbonyl (C=O) groups excluding carboxylic acids is 2. The minimum absolute atomic E-state index is 0.213. The summed E-state index contributed by atoms with van der Waals surface area (Å²) < 4.78 is 11.4. The van der Waals surface area contributed by atoms with E-state index in [0.717, 1.165) is 16.7 Å². The lowest BCUT2D eigenvalue weighted by Crippen LogP contribution is -2.67. The highest BCUT2D eigenvalue weighted by Gasteiger charge is 2.51. The van der Waals surface area contributed by atoms with Gasteiger partial charge in [0.25, 0.3) is 8.32 Å². The maximum Gasteiger partial charge on any atom is 0.306 e. The highest BCUT2D eigenvalue weighted by Crippen LogP contribution is 2.37. The molecule has 0 saturated carbocycles. The number of ether oxygens (including phenoxy) is 1. The molecule has 2 rings (SSSR count). The summed E-state index contributed by atoms with van der Waals surface area (Å²) in [7, 11) is -1.44. The van der Waals surface area contributed by atoms with E-state index in [0.29, 0.717) is 6.42 Å². The van der Waals surface area contributed by atoms with Crippen LogP contribution >= 0.6 is 0 Å². The first-order chi connectivity index (χ1) is 14.3. The summed E-state index contributed by atoms with van der Waals surface area (Å²) in [5.41, 5.74) is 0. The van der Waals surface area contributed by atoms with Gasteiger partial charge in [-0.25, -0.2) is 0 Å². The van der Waals surface area contributed by atoms with Crippen LogP contribution in [0.5, 0.6) is 0 Å². The zero-order chi connectivity index (χ0) is 22.0. The molecule has 0 amide bonds. The molecule has 0 aromatic heterocycles. The number of benzene rings is 2. The van der Waals surface area contributed by atoms with Crippen LogP contribution < -0.4 is 10.4 Å². The Morgan fingerprint density at radius 3 is 1.97 bits per heavy atom. The minimum atomic E-state index is -2.80. The molecule has 0 radical (unpaired) electrons. The van der Waals surface area contributed by atoms with E-state index < -0.39 is 14.4 Å². The molecule has 1 atom stereocenters. The predicted octanol–water partition coefficient (Wildman–Crippen LogP) is 3.48. The molecule has 5 heteroatoms. The molecule has 30 heavy (non-hydrogen) atoms. The van der Waals surface area contributed by atoms with Gasteiger partial charge in [-0.15, -0.1) is 11.8 Å². The molecular formula is C25H30O4Si. The molecule has 0 aliphatic rings. The average Bonchev–Trinajstić information content (AvgIpc) is 2.75. The topological polar surface area (TPSA) is 52.6 Å². The second-order valence-corrected chi connectivity index (χ2v) is 12.3. The van der Waals surface area contributed by atoms with E-state index in [1.165, 1.54) is 7.11 Å². The third-order valence-corrected chi connectivity index (χ3v) is 10.1. The standard InChI is InChI=1S/C25H30O4Si/c1-25(2,3)30(22-15-9-6-10-16-22,23-17-11-7-12-18-23)29-21(20-26)14-8-5-13-19-24(27)28-4/h6-7,9-12,15-18,20-21H,13-14,19H2,1-4H3. The highest BCUT2D eigenvalue weighted by molar-refractivity contribution is 6.99. The fourth-order valence-electron chi connectivity index (χ4n) is 3.56. The molecule has 0 saturated heterocycles. The smallest absolute Gasteiger partial charge is 0.306 e. The van der Waals surface area contributed by atoms with Crippen molar-refractivity contribution >= 4 is 30.9 Å². The Kier molecular flexibility index (Phi) is 8.58. The molecule has 0 fully saturated rings. The molecule has 0 spiro atoms. The van der Waals surface area contributed by atoms with Crippen LogP contribution in [0.1, 0.15) is 40.0 Å². The number of hydrogen-bond donors (Lipinski definition) is 0. The lowest BCUT2D eigenvalue weighted by atomic mass is 10.2. The van der Waals surface area contributed by atoms with Crippen LogP contribution in [-0.2, 0) is 18.8 Å². The normalized spacial score (nSPS) is 12.4. The Morgan fingerprint density at radius 2 is 1.53 bits per heavy atom. The summed E-state index contributed by atoms with van der Waals surface area (Å²) in [6.07, 6.45) is 1.12. The SMILES string of the molecule is COC(=O)CCC#CCC(C=O)O[Si](c1ccccc1)(c1ccccc1)C(C)(C)C. The monoisotopic (exact) mass is 422 g/mol. The number of esters is 1. The maximum atomic E-state index is 11.9. The summed E-state index contributed by atoms with van der Waals surface area (Å²) in [4.78, 5) is 23.2. The van der Waals surface area contributed by atoms with Crippen LogP contribution in [-0.4, -0.2) is 33.8 Å². The van der Waals surface area contributed by atoms with Crippen molar-refractivity contribution in [3.8, 4) is 11.8 Å². The Morgan fingerprint density at radius 1 is 1.00 bits per heavy atom. The van der Waals surface area contributed by atoms with Gasteiger partial charge in [0.05, 0.1) is 13.5 Å². The molecule has 0 aliphatic carbocycles. The van der Waals surface area contributed by atoms with Gasteiger partial charge in [-0.1, -0.05) is 81.4 Å². The number of hydrogen-bond acceptors (Lipinski definition) is 4. The number of carbonyl (C=O) groups is 2. The van der Waals surface area contributed by atoms with Gasteiger partial charge in [-0.2, -0.15) is 0 Å². The Labute approximate surface area is 180 Å². The summed E-state index contributed by atoms with van der Waals surface area (Å²) in [6, 6.07) is 20.4. The van der Waals surface area contributed by atoms with Crippen molar-refractivity contribution in [2.24, 2.45) is 0 Å². The van der Waals surface area contributed by atoms with Gasteiger partial charge in [0.15, 0.2) is 0 Å². The van der Waals surface area contributed by atoms with Crippen molar-refractivity contribution in [2.45, 2.75) is 51.2 Å². The van der Waals surface area contributed by atoms with E-state index in [4.69, 9.17) is 4.43 Å². The van der Waals surface area contributed by atoms with Crippen molar-refractivity contribution in [3.05, 3.63) is 60.7 Å². The van der Waals surface area contributed by atoms with E-state index in [1.54, 1.807) is 0 Å². The third kappa shape index (κ3) is 5.68. The van der Waals surface area contributed by atoms with Crippen LogP contribution in [0.2, 0.25) is 5.04 Å². The zero-order valence-corrected chi connectivity index (χ0v) is 19.2. The minimum Gasteiger partial charge on any atom is -0.469 e. The van der Waals surface area contributed by atoms with Crippen LogP contribution in [0.15, 0.2) is 60.7 Å². The molecular weight excluding hydrogens is 392 g/mol. The number of methoxy groups -OCH3 is 1. The van der Waals surface area contributed by atoms with Crippen molar-refractivity contribution in [3.63, 3.8) is 0 Å². The number of aldehydes is 1. The first-order valence-electron chi connectivity index (χ1n) is 10.1. The van der Waals surface area contributed by atoms with Crippen LogP contribution in [0.25, 0.3) is 0 Å². The Bertz CT molecular complexity index is 837. The molecule has 2 aromatic rings. The molecule has 4 nitrogen and oxygen atoms in total. The summed E-state index contributed by atoms with van der Waals surface area (Å²) in [5, 5.41) is 2.03. The van der Waals surface area contributed by atoms with Gasteiger partial charge in [-0.05, 0) is 15.4 Å². The molecule has 0 N–H and O–H groups in total. The first kappa shape index (κ1) is 23.6. The van der Waals surface area contributed by atoms with Crippen LogP contribution in [0.3, 0.4) is 0 Å². The molecule has 0 bridgehead atoms. The van der Waals surface area contributed by atoms with E-state index >= 15 is 0 Å². The van der Waals surface area contributed by atoms with E-state index in [-0.39, 0.29) is 23.8 Å². The lowest BCUT2D eigenvalue weighted by molar-refractivity contribution is -0.140. The van der Waals surface area contributed by atoms with Gasteiger partial charge >= 0.3 is 5.97 Å². The summed E-state index contributed by atoms with van der Waals surface area (Å²) >= 11 is 0. The van der Waals surface area contributed by atoms with Gasteiger partial charge in [0.1, 0.15) is 12.4 Å². The highest BCUT2D eigenvalue weighted by atomic mass is 28.4. The second kappa shape index (κ2) is 10.9. The van der Waals surface area contributed by atoms with Crippen molar-refractivity contribution in [1.29, 1.82) is 0 Å². The molecule has 1 unspecified atom stereocenters. The molecule has 2 aromatic carbocycles. The van der Waals surface area contributed by atoms with Gasteiger partial charge in [-0.3, -0.25) is 4.79 Å². The molecule has 0 aliphatic heterocycles. The predicted molar refractivity (Wildman–Crippen MR) is 122 cm³/mol. The van der Waals surface area contributed by atoms with Crippen LogP contribution in [0, 0.1) is 11.8 Å². The Hall–Kier alpha value is -2.68. The molecule has 158 valence electrons. The van der Waals surface area contributed by atoms with E-state index in [2.05, 4.69) is 61.6 Å². The van der Waals surface area contributed by atoms with Crippen LogP contribution in [0.4, 0.5) is 0 Å². The Balaban J connectivity index is 2.38. The van der Waals surface area contributed by atoms with Gasteiger partial charge in [0.2, 0.25) is 0 Å². The van der Waals surface area contributed by atoms with Gasteiger partial charge in [0, 0.05) is 12.8 Å². The average molecular weight is 423 g/mol. The first-order valence-corrected chi connectivity index (χ1v) is 12.0. The quantitative estimate of drug-likeness (QED) is 0.283. The number of rotatable bonds is 8. The summed E-state index contributed by atoms with van der Waals surface area (Å²) in [5.74, 6) is 5.65. The van der Waals surface area contributed by atoms with Crippen molar-refractivity contribution < 1.29 is 18.8 Å². The fraction of sp³-hybridized carbons (Fsp3) is 0.360. The van der Waals surface area contributed by atoms with Gasteiger partial charge < -0.3 is 14.0 Å². The third-order valence-electron chi connectivity index (χ3n) is 5.01. The molecule has 0 heterocycles.